The highest BCUT2D eigenvalue weighted by molar-refractivity contribution is 5.97. The molecule has 0 aliphatic heterocycles. The summed E-state index contributed by atoms with van der Waals surface area (Å²) in [6.45, 7) is 0.293. The van der Waals surface area contributed by atoms with E-state index in [0.717, 1.165) is 16.7 Å². The maximum absolute atomic E-state index is 12.1. The van der Waals surface area contributed by atoms with Crippen LogP contribution in [-0.2, 0) is 6.54 Å². The van der Waals surface area contributed by atoms with E-state index in [1.54, 1.807) is 12.1 Å². The van der Waals surface area contributed by atoms with Gasteiger partial charge in [0, 0.05) is 6.54 Å². The predicted molar refractivity (Wildman–Crippen MR) is 97.5 cm³/mol. The van der Waals surface area contributed by atoms with Gasteiger partial charge < -0.3 is 15.5 Å². The van der Waals surface area contributed by atoms with Gasteiger partial charge in [0.25, 0.3) is 5.91 Å². The molecule has 3 N–H and O–H groups in total. The molecule has 0 fully saturated rings. The molecule has 0 atom stereocenters. The largest absolute Gasteiger partial charge is 0.504 e. The Morgan fingerprint density at radius 2 is 1.54 bits per heavy atom. The zero-order valence-corrected chi connectivity index (χ0v) is 13.8. The molecule has 0 radical (unpaired) electrons. The summed E-state index contributed by atoms with van der Waals surface area (Å²) in [6.07, 6.45) is 0. The Kier molecular flexibility index (Phi) is 4.86. The first-order valence-corrected chi connectivity index (χ1v) is 7.97. The zero-order chi connectivity index (χ0) is 18.5. The van der Waals surface area contributed by atoms with Crippen LogP contribution < -0.4 is 5.32 Å². The number of nitrogens with one attached hydrogen (secondary N) is 1. The van der Waals surface area contributed by atoms with Gasteiger partial charge in [-0.05, 0) is 41.0 Å². The van der Waals surface area contributed by atoms with Crippen molar-refractivity contribution in [3.63, 3.8) is 0 Å². The number of nitriles is 1. The van der Waals surface area contributed by atoms with Gasteiger partial charge >= 0.3 is 0 Å². The number of phenolic OH excluding ortho intramolecular Hbond substituents is 2. The maximum Gasteiger partial charge on any atom is 0.255 e. The van der Waals surface area contributed by atoms with Gasteiger partial charge in [0.15, 0.2) is 11.5 Å². The lowest BCUT2D eigenvalue weighted by Gasteiger charge is -2.09. The quantitative estimate of drug-likeness (QED) is 0.631. The number of hydrogen-bond donors (Lipinski definition) is 3. The molecule has 0 saturated carbocycles. The lowest BCUT2D eigenvalue weighted by molar-refractivity contribution is 0.0947. The number of para-hydroxylation sites is 1. The molecule has 0 heterocycles. The van der Waals surface area contributed by atoms with E-state index in [0.29, 0.717) is 12.1 Å². The van der Waals surface area contributed by atoms with Crippen LogP contribution in [0.15, 0.2) is 66.7 Å². The standard InChI is InChI=1S/C21H16N2O3/c22-12-14-4-8-16(9-5-14)17-10-6-15(7-11-17)13-23-21(26)18-2-1-3-19(24)20(18)25/h1-11,24-25H,13H2,(H,23,26). The number of phenols is 2. The summed E-state index contributed by atoms with van der Waals surface area (Å²) in [4.78, 5) is 12.1. The second-order valence-electron chi connectivity index (χ2n) is 5.74. The van der Waals surface area contributed by atoms with Gasteiger partial charge in [-0.25, -0.2) is 0 Å². The minimum absolute atomic E-state index is 0.0270. The van der Waals surface area contributed by atoms with E-state index in [9.17, 15) is 15.0 Å². The smallest absolute Gasteiger partial charge is 0.255 e. The minimum Gasteiger partial charge on any atom is -0.504 e. The average Bonchev–Trinajstić information content (AvgIpc) is 2.69. The summed E-state index contributed by atoms with van der Waals surface area (Å²) >= 11 is 0. The molecule has 128 valence electrons. The Labute approximate surface area is 150 Å². The summed E-state index contributed by atoms with van der Waals surface area (Å²) in [7, 11) is 0. The molecule has 0 aromatic heterocycles. The topological polar surface area (TPSA) is 93.4 Å². The molecule has 5 heteroatoms. The summed E-state index contributed by atoms with van der Waals surface area (Å²) in [5.41, 5.74) is 3.55. The van der Waals surface area contributed by atoms with Crippen LogP contribution in [-0.4, -0.2) is 16.1 Å². The number of hydrogen-bond acceptors (Lipinski definition) is 4. The molecule has 0 saturated heterocycles. The second-order valence-corrected chi connectivity index (χ2v) is 5.74. The molecule has 3 aromatic rings. The van der Waals surface area contributed by atoms with Crippen molar-refractivity contribution in [3.8, 4) is 28.7 Å². The molecule has 1 amide bonds. The van der Waals surface area contributed by atoms with E-state index < -0.39 is 11.7 Å². The molecule has 0 bridgehead atoms. The van der Waals surface area contributed by atoms with Crippen molar-refractivity contribution < 1.29 is 15.0 Å². The van der Waals surface area contributed by atoms with Gasteiger partial charge in [-0.1, -0.05) is 42.5 Å². The number of carbonyl (C=O) groups is 1. The van der Waals surface area contributed by atoms with Crippen molar-refractivity contribution in [2.24, 2.45) is 0 Å². The highest BCUT2D eigenvalue weighted by Gasteiger charge is 2.13. The van der Waals surface area contributed by atoms with Gasteiger partial charge in [-0.3, -0.25) is 4.79 Å². The SMILES string of the molecule is N#Cc1ccc(-c2ccc(CNC(=O)c3cccc(O)c3O)cc2)cc1. The molecule has 0 aliphatic rings. The van der Waals surface area contributed by atoms with Gasteiger partial charge in [-0.2, -0.15) is 5.26 Å². The number of nitrogens with zero attached hydrogens (tertiary/aromatic N) is 1. The normalized spacial score (nSPS) is 10.1. The third-order valence-electron chi connectivity index (χ3n) is 4.01. The fourth-order valence-corrected chi connectivity index (χ4v) is 2.54. The number of benzene rings is 3. The average molecular weight is 344 g/mol. The molecule has 0 spiro atoms. The van der Waals surface area contributed by atoms with E-state index in [-0.39, 0.29) is 11.3 Å². The van der Waals surface area contributed by atoms with E-state index >= 15 is 0 Å². The van der Waals surface area contributed by atoms with E-state index in [2.05, 4.69) is 11.4 Å². The van der Waals surface area contributed by atoms with E-state index in [1.165, 1.54) is 18.2 Å². The summed E-state index contributed by atoms with van der Waals surface area (Å²) in [5, 5.41) is 30.7. The van der Waals surface area contributed by atoms with E-state index in [4.69, 9.17) is 5.26 Å². The second kappa shape index (κ2) is 7.41. The molecule has 5 nitrogen and oxygen atoms in total. The van der Waals surface area contributed by atoms with Crippen LogP contribution in [0.2, 0.25) is 0 Å². The van der Waals surface area contributed by atoms with Crippen LogP contribution >= 0.6 is 0 Å². The Morgan fingerprint density at radius 3 is 2.15 bits per heavy atom. The fourth-order valence-electron chi connectivity index (χ4n) is 2.54. The molecule has 0 aliphatic carbocycles. The van der Waals surface area contributed by atoms with Crippen molar-refractivity contribution in [2.45, 2.75) is 6.54 Å². The number of rotatable bonds is 4. The fraction of sp³-hybridized carbons (Fsp3) is 0.0476. The van der Waals surface area contributed by atoms with Gasteiger partial charge in [0.2, 0.25) is 0 Å². The molecular formula is C21H16N2O3. The number of amides is 1. The Morgan fingerprint density at radius 1 is 0.923 bits per heavy atom. The molecule has 3 aromatic carbocycles. The summed E-state index contributed by atoms with van der Waals surface area (Å²) < 4.78 is 0. The van der Waals surface area contributed by atoms with Crippen LogP contribution in [0.25, 0.3) is 11.1 Å². The van der Waals surface area contributed by atoms with Crippen molar-refractivity contribution >= 4 is 5.91 Å². The number of aromatic hydroxyl groups is 2. The Bertz CT molecular complexity index is 972. The summed E-state index contributed by atoms with van der Waals surface area (Å²) in [6, 6.07) is 21.3. The lowest BCUT2D eigenvalue weighted by Crippen LogP contribution is -2.22. The Balaban J connectivity index is 1.66. The molecular weight excluding hydrogens is 328 g/mol. The van der Waals surface area contributed by atoms with Gasteiger partial charge in [-0.15, -0.1) is 0 Å². The highest BCUT2D eigenvalue weighted by Crippen LogP contribution is 2.28. The van der Waals surface area contributed by atoms with E-state index in [1.807, 2.05) is 36.4 Å². The summed E-state index contributed by atoms with van der Waals surface area (Å²) in [5.74, 6) is -1.22. The van der Waals surface area contributed by atoms with Crippen LogP contribution in [0.5, 0.6) is 11.5 Å². The van der Waals surface area contributed by atoms with Crippen LogP contribution in [0.4, 0.5) is 0 Å². The first kappa shape index (κ1) is 17.1. The zero-order valence-electron chi connectivity index (χ0n) is 13.8. The maximum atomic E-state index is 12.1. The van der Waals surface area contributed by atoms with Crippen molar-refractivity contribution in [3.05, 3.63) is 83.4 Å². The minimum atomic E-state index is -0.463. The predicted octanol–water partition coefficient (Wildman–Crippen LogP) is 3.57. The van der Waals surface area contributed by atoms with Crippen LogP contribution in [0.3, 0.4) is 0 Å². The lowest BCUT2D eigenvalue weighted by atomic mass is 10.0. The monoisotopic (exact) mass is 344 g/mol. The molecule has 0 unspecified atom stereocenters. The van der Waals surface area contributed by atoms with Crippen LogP contribution in [0.1, 0.15) is 21.5 Å². The first-order chi connectivity index (χ1) is 12.6. The van der Waals surface area contributed by atoms with Crippen LogP contribution in [0, 0.1) is 11.3 Å². The molecule has 26 heavy (non-hydrogen) atoms. The van der Waals surface area contributed by atoms with Crippen molar-refractivity contribution in [1.29, 1.82) is 5.26 Å². The van der Waals surface area contributed by atoms with Crippen molar-refractivity contribution in [1.82, 2.24) is 5.32 Å². The molecule has 3 rings (SSSR count). The van der Waals surface area contributed by atoms with Gasteiger partial charge in [0.1, 0.15) is 0 Å². The number of carbonyl (C=O) groups excluding carboxylic acids is 1. The first-order valence-electron chi connectivity index (χ1n) is 7.97. The Hall–Kier alpha value is -3.78. The van der Waals surface area contributed by atoms with Gasteiger partial charge in [0.05, 0.1) is 17.2 Å². The van der Waals surface area contributed by atoms with Crippen molar-refractivity contribution in [2.75, 3.05) is 0 Å². The third-order valence-corrected chi connectivity index (χ3v) is 4.01. The highest BCUT2D eigenvalue weighted by atomic mass is 16.3. The third kappa shape index (κ3) is 3.65.